The second-order valence-electron chi connectivity index (χ2n) is 31.6. The molecule has 2 N–H and O–H groups in total. The summed E-state index contributed by atoms with van der Waals surface area (Å²) in [4.78, 5) is 58.9. The molecule has 4 unspecified atom stereocenters. The quantitative estimate of drug-likeness (QED) is 0.0366. The van der Waals surface area contributed by atoms with Crippen LogP contribution in [0.25, 0.3) is 0 Å². The van der Waals surface area contributed by atoms with Crippen LogP contribution < -0.4 is 24.3 Å². The first-order chi connectivity index (χ1) is 49.1. The Hall–Kier alpha value is -7.48. The molecule has 13 rings (SSSR count). The Bertz CT molecular complexity index is 3600. The topological polar surface area (TPSA) is 253 Å². The number of likely N-dealkylation sites (tertiary alicyclic amines) is 3. The fourth-order valence-electron chi connectivity index (χ4n) is 13.1. The highest BCUT2D eigenvalue weighted by atomic mass is 32.2. The van der Waals surface area contributed by atoms with Crippen LogP contribution in [0.2, 0.25) is 0 Å². The third-order valence-corrected chi connectivity index (χ3v) is 21.2. The number of hydrogen-bond acceptors (Lipinski definition) is 19. The minimum absolute atomic E-state index is 0.00481. The van der Waals surface area contributed by atoms with Crippen molar-refractivity contribution in [3.8, 4) is 23.0 Å². The number of aromatic nitrogens is 4. The molecule has 8 aliphatic rings. The summed E-state index contributed by atoms with van der Waals surface area (Å²) >= 11 is 0. The summed E-state index contributed by atoms with van der Waals surface area (Å²) in [6.45, 7) is 23.8. The maximum atomic E-state index is 12.4. The van der Waals surface area contributed by atoms with Gasteiger partial charge in [-0.05, 0) is 259 Å². The number of amides is 3. The lowest BCUT2D eigenvalue weighted by molar-refractivity contribution is -0.0149. The number of nitrogens with zero attached hydrogens (tertiary/aromatic N) is 7. The molecule has 0 bridgehead atoms. The van der Waals surface area contributed by atoms with Gasteiger partial charge in [-0.3, -0.25) is 32.9 Å². The Morgan fingerprint density at radius 2 is 0.825 bits per heavy atom. The minimum Gasteiger partial charge on any atom is -0.490 e. The Kier molecular flexibility index (Phi) is 26.6. The molecular formula is C78H108F2N8O14S. The summed E-state index contributed by atoms with van der Waals surface area (Å²) in [7, 11) is -3.74. The van der Waals surface area contributed by atoms with Gasteiger partial charge < -0.3 is 58.3 Å². The number of aliphatic hydroxyl groups is 1. The van der Waals surface area contributed by atoms with E-state index in [9.17, 15) is 31.6 Å². The van der Waals surface area contributed by atoms with Crippen LogP contribution in [0.4, 0.5) is 23.2 Å². The van der Waals surface area contributed by atoms with Gasteiger partial charge in [0.1, 0.15) is 66.2 Å². The molecule has 22 nitrogen and oxygen atoms in total. The molecule has 4 aromatic heterocycles. The molecule has 564 valence electrons. The molecule has 4 saturated carbocycles. The standard InChI is InChI=1S/C26H34N2O6S.C19H27FN2O3.C19H28N2O4.C14H19FN2O/c1-18-5-7-23(8-6-18)35(30,31)33-12-10-19-14-24(19)20-13-22(16-27-15-20)32-17-21-9-11-28(21)25(29)34-26(2,3)4;1-19(2,3)25-18(23)22-7-5-15(22)12-24-16-8-14(10-21-11-16)17-9-13(17)4-6-20;1-19(2,3)25-18(23)21-6-4-15(21)12-24-16-8-14(10-20-11-16)17-9-13(17)5-7-22;15-3-1-10-6-14(10)11-5-13(8-16-7-11)18-9-12-2-4-17-12/h5-8,13,15-16,19,21,24H,9-12,14,17H2,1-4H3;8,10-11,13,15,17H,4-7,9,12H2,1-3H3;8,10-11,13,15,17,22H,4-7,9,12H2,1-3H3;5,7-8,10,12,14,17H,1-4,6,9H2/t19-,21+,24?;2*13-,15+,17?;10-,12+,14?/m1111/s1. The van der Waals surface area contributed by atoms with Gasteiger partial charge in [-0.25, -0.2) is 14.4 Å². The molecule has 25 heteroatoms. The van der Waals surface area contributed by atoms with Crippen molar-refractivity contribution >= 4 is 28.4 Å². The lowest BCUT2D eigenvalue weighted by Crippen LogP contribution is -2.55. The monoisotopic (exact) mass is 1450 g/mol. The van der Waals surface area contributed by atoms with E-state index in [1.807, 2.05) is 112 Å². The van der Waals surface area contributed by atoms with Crippen molar-refractivity contribution in [1.82, 2.24) is 40.0 Å². The lowest BCUT2D eigenvalue weighted by Gasteiger charge is -2.41. The number of aryl methyl sites for hydroxylation is 1. The average molecular weight is 1450 g/mol. The molecule has 103 heavy (non-hydrogen) atoms. The molecule has 4 aliphatic carbocycles. The van der Waals surface area contributed by atoms with E-state index in [4.69, 9.17) is 42.4 Å². The van der Waals surface area contributed by atoms with Gasteiger partial charge in [0.15, 0.2) is 0 Å². The van der Waals surface area contributed by atoms with E-state index >= 15 is 0 Å². The van der Waals surface area contributed by atoms with Crippen LogP contribution in [0.15, 0.2) is 103 Å². The number of ether oxygens (including phenoxy) is 7. The van der Waals surface area contributed by atoms with Gasteiger partial charge in [-0.1, -0.05) is 17.7 Å². The number of rotatable bonds is 27. The first kappa shape index (κ1) is 78.1. The molecule has 3 amide bonds. The molecule has 4 aliphatic heterocycles. The maximum Gasteiger partial charge on any atom is 0.410 e. The summed E-state index contributed by atoms with van der Waals surface area (Å²) < 4.78 is 94.3. The van der Waals surface area contributed by atoms with E-state index in [1.54, 1.807) is 63.8 Å². The first-order valence-electron chi connectivity index (χ1n) is 36.8. The van der Waals surface area contributed by atoms with Crippen molar-refractivity contribution < 1.29 is 74.0 Å². The van der Waals surface area contributed by atoms with E-state index in [2.05, 4.69) is 31.3 Å². The summed E-state index contributed by atoms with van der Waals surface area (Å²) in [5.74, 6) is 6.55. The van der Waals surface area contributed by atoms with Crippen LogP contribution in [-0.4, -0.2) is 187 Å². The Morgan fingerprint density at radius 1 is 0.495 bits per heavy atom. The molecule has 12 atom stereocenters. The van der Waals surface area contributed by atoms with Gasteiger partial charge in [0.25, 0.3) is 10.1 Å². The predicted octanol–water partition coefficient (Wildman–Crippen LogP) is 13.9. The molecule has 0 radical (unpaired) electrons. The summed E-state index contributed by atoms with van der Waals surface area (Å²) in [6.07, 6.45) is 24.3. The van der Waals surface area contributed by atoms with Gasteiger partial charge >= 0.3 is 18.3 Å². The predicted molar refractivity (Wildman–Crippen MR) is 385 cm³/mol. The van der Waals surface area contributed by atoms with Gasteiger partial charge in [0.2, 0.25) is 0 Å². The normalized spacial score (nSPS) is 24.9. The Labute approximate surface area is 607 Å². The van der Waals surface area contributed by atoms with Crippen molar-refractivity contribution in [1.29, 1.82) is 0 Å². The second kappa shape index (κ2) is 35.1. The van der Waals surface area contributed by atoms with Gasteiger partial charge in [-0.15, -0.1) is 0 Å². The van der Waals surface area contributed by atoms with Crippen molar-refractivity contribution in [2.45, 2.75) is 216 Å². The van der Waals surface area contributed by atoms with Crippen molar-refractivity contribution in [2.75, 3.05) is 79.2 Å². The SMILES string of the molecule is CC(C)(C)OC(=O)N1CC[C@H]1COc1cncc(C2C[C@H]2CCF)c1.CC(C)(C)OC(=O)N1CC[C@H]1COc1cncc(C2C[C@H]2CCO)c1.Cc1ccc(S(=O)(=O)OCC[C@@H]2CC2c2cncc(OC[C@@H]3CCN3C(=O)OC(C)(C)C)c2)cc1.FCC[C@@H]1CC1c1cncc(OC[C@@H]2CCN2)c1. The van der Waals surface area contributed by atoms with Gasteiger partial charge in [0.05, 0.1) is 67.8 Å². The molecule has 4 saturated heterocycles. The number of pyridine rings is 4. The first-order valence-corrected chi connectivity index (χ1v) is 38.3. The summed E-state index contributed by atoms with van der Waals surface area (Å²) in [5.41, 5.74) is 4.08. The lowest BCUT2D eigenvalue weighted by atomic mass is 10.1. The smallest absolute Gasteiger partial charge is 0.410 e. The Morgan fingerprint density at radius 3 is 1.12 bits per heavy atom. The van der Waals surface area contributed by atoms with E-state index in [0.29, 0.717) is 130 Å². The minimum atomic E-state index is -3.74. The van der Waals surface area contributed by atoms with Gasteiger partial charge in [0, 0.05) is 57.1 Å². The zero-order valence-electron chi connectivity index (χ0n) is 61.7. The zero-order valence-corrected chi connectivity index (χ0v) is 62.5. The highest BCUT2D eigenvalue weighted by Crippen LogP contribution is 2.53. The number of carbonyl (C=O) groups is 3. The van der Waals surface area contributed by atoms with E-state index in [-0.39, 0.29) is 67.9 Å². The van der Waals surface area contributed by atoms with Crippen molar-refractivity contribution in [3.05, 3.63) is 126 Å². The van der Waals surface area contributed by atoms with Crippen LogP contribution in [0, 0.1) is 30.6 Å². The number of alkyl halides is 2. The van der Waals surface area contributed by atoms with E-state index in [1.165, 1.54) is 17.5 Å². The molecule has 5 aromatic rings. The second-order valence-corrected chi connectivity index (χ2v) is 33.2. The number of aliphatic hydroxyl groups excluding tert-OH is 1. The number of hydrogen-bond donors (Lipinski definition) is 2. The third kappa shape index (κ3) is 23.8. The fourth-order valence-corrected chi connectivity index (χ4v) is 14.0. The fraction of sp³-hybridized carbons (Fsp3) is 0.628. The van der Waals surface area contributed by atoms with E-state index in [0.717, 1.165) is 86.1 Å². The highest BCUT2D eigenvalue weighted by molar-refractivity contribution is 7.86. The van der Waals surface area contributed by atoms with E-state index < -0.39 is 26.9 Å². The maximum absolute atomic E-state index is 12.4. The number of halogens is 2. The van der Waals surface area contributed by atoms with Crippen molar-refractivity contribution in [2.24, 2.45) is 23.7 Å². The van der Waals surface area contributed by atoms with Crippen LogP contribution in [0.1, 0.15) is 191 Å². The molecule has 0 spiro atoms. The van der Waals surface area contributed by atoms with Crippen molar-refractivity contribution in [3.63, 3.8) is 0 Å². The molecule has 8 heterocycles. The molecule has 1 aromatic carbocycles. The highest BCUT2D eigenvalue weighted by Gasteiger charge is 2.43. The molecule has 8 fully saturated rings. The van der Waals surface area contributed by atoms with Crippen LogP contribution >= 0.6 is 0 Å². The summed E-state index contributed by atoms with van der Waals surface area (Å²) in [6, 6.07) is 15.3. The largest absolute Gasteiger partial charge is 0.490 e. The van der Waals surface area contributed by atoms with Gasteiger partial charge in [-0.2, -0.15) is 8.42 Å². The number of carbonyl (C=O) groups excluding carboxylic acids is 3. The number of benzene rings is 1. The number of nitrogens with one attached hydrogen (secondary N) is 1. The zero-order chi connectivity index (χ0) is 73.6. The Balaban J connectivity index is 0.000000151. The average Bonchev–Trinajstić information content (AvgIpc) is 1.77. The van der Waals surface area contributed by atoms with Crippen LogP contribution in [0.5, 0.6) is 23.0 Å². The van der Waals surface area contributed by atoms with Crippen LogP contribution in [-0.2, 0) is 28.5 Å². The summed E-state index contributed by atoms with van der Waals surface area (Å²) in [5, 5.41) is 12.3. The molecular weight excluding hydrogens is 1340 g/mol. The van der Waals surface area contributed by atoms with Crippen LogP contribution in [0.3, 0.4) is 0 Å². The third-order valence-electron chi connectivity index (χ3n) is 19.9.